The molecule has 0 atom stereocenters. The number of benzene rings is 1. The lowest BCUT2D eigenvalue weighted by Gasteiger charge is -2.07. The van der Waals surface area contributed by atoms with Crippen LogP contribution in [0.2, 0.25) is 0 Å². The molecular formula is C14H14N4O3S. The number of hydrogen-bond donors (Lipinski definition) is 2. The van der Waals surface area contributed by atoms with E-state index in [1.807, 2.05) is 0 Å². The first-order valence-corrected chi connectivity index (χ1v) is 8.51. The predicted octanol–water partition coefficient (Wildman–Crippen LogP) is 0.556. The summed E-state index contributed by atoms with van der Waals surface area (Å²) in [6, 6.07) is 6.89. The number of amides is 1. The standard InChI is InChI=1S/C14H14N4O3S/c19-14(17-9-5-6-9)13-11-7-16-22(20,21)12-4-2-1-3-10(12)18(11)8-15-13/h1-4,8-9,16H,5-7H2,(H,17,19). The fraction of sp³-hybridized carbons (Fsp3) is 0.286. The van der Waals surface area contributed by atoms with Crippen molar-refractivity contribution in [3.63, 3.8) is 0 Å². The Morgan fingerprint density at radius 2 is 2.09 bits per heavy atom. The van der Waals surface area contributed by atoms with E-state index in [9.17, 15) is 13.2 Å². The first-order chi connectivity index (χ1) is 10.6. The van der Waals surface area contributed by atoms with Crippen molar-refractivity contribution < 1.29 is 13.2 Å². The predicted molar refractivity (Wildman–Crippen MR) is 78.1 cm³/mol. The first kappa shape index (κ1) is 13.5. The van der Waals surface area contributed by atoms with E-state index in [2.05, 4.69) is 15.0 Å². The van der Waals surface area contributed by atoms with Crippen LogP contribution in [0, 0.1) is 0 Å². The van der Waals surface area contributed by atoms with Gasteiger partial charge < -0.3 is 5.32 Å². The Bertz CT molecular complexity index is 868. The number of aromatic nitrogens is 2. The van der Waals surface area contributed by atoms with Crippen LogP contribution in [0.15, 0.2) is 35.5 Å². The van der Waals surface area contributed by atoms with Gasteiger partial charge in [0.15, 0.2) is 5.69 Å². The van der Waals surface area contributed by atoms with Crippen LogP contribution in [-0.4, -0.2) is 29.9 Å². The topological polar surface area (TPSA) is 93.1 Å². The maximum Gasteiger partial charge on any atom is 0.272 e. The summed E-state index contributed by atoms with van der Waals surface area (Å²) in [5.41, 5.74) is 1.32. The SMILES string of the molecule is O=C(NC1CC1)c1ncn2c1CNS(=O)(=O)c1ccccc1-2. The normalized spacial score (nSPS) is 18.9. The molecule has 0 bridgehead atoms. The van der Waals surface area contributed by atoms with E-state index in [-0.39, 0.29) is 29.1 Å². The average Bonchev–Trinajstić information content (AvgIpc) is 3.22. The second-order valence-electron chi connectivity index (χ2n) is 5.45. The Hall–Kier alpha value is -2.19. The number of nitrogens with one attached hydrogen (secondary N) is 2. The molecule has 8 heteroatoms. The summed E-state index contributed by atoms with van der Waals surface area (Å²) in [6.45, 7) is 0.0322. The minimum absolute atomic E-state index is 0.0322. The van der Waals surface area contributed by atoms with Gasteiger partial charge in [-0.15, -0.1) is 0 Å². The van der Waals surface area contributed by atoms with Crippen molar-refractivity contribution in [1.82, 2.24) is 19.6 Å². The zero-order valence-corrected chi connectivity index (χ0v) is 12.4. The molecule has 0 unspecified atom stereocenters. The fourth-order valence-corrected chi connectivity index (χ4v) is 3.73. The van der Waals surface area contributed by atoms with Gasteiger partial charge in [-0.3, -0.25) is 9.36 Å². The lowest BCUT2D eigenvalue weighted by Crippen LogP contribution is -2.28. The monoisotopic (exact) mass is 318 g/mol. The largest absolute Gasteiger partial charge is 0.348 e. The molecular weight excluding hydrogens is 304 g/mol. The highest BCUT2D eigenvalue weighted by Crippen LogP contribution is 2.26. The van der Waals surface area contributed by atoms with Crippen LogP contribution < -0.4 is 10.0 Å². The molecule has 7 nitrogen and oxygen atoms in total. The van der Waals surface area contributed by atoms with Crippen molar-refractivity contribution in [2.45, 2.75) is 30.3 Å². The summed E-state index contributed by atoms with van der Waals surface area (Å²) in [5, 5.41) is 2.88. The van der Waals surface area contributed by atoms with Gasteiger partial charge in [0.1, 0.15) is 11.2 Å². The van der Waals surface area contributed by atoms with Crippen LogP contribution in [0.25, 0.3) is 5.69 Å². The van der Waals surface area contributed by atoms with E-state index in [0.717, 1.165) is 12.8 Å². The van der Waals surface area contributed by atoms with Gasteiger partial charge >= 0.3 is 0 Å². The molecule has 1 amide bonds. The summed E-state index contributed by atoms with van der Waals surface area (Å²) in [7, 11) is -3.60. The summed E-state index contributed by atoms with van der Waals surface area (Å²) >= 11 is 0. The second kappa shape index (κ2) is 4.65. The van der Waals surface area contributed by atoms with E-state index in [1.54, 1.807) is 22.8 Å². The number of para-hydroxylation sites is 1. The van der Waals surface area contributed by atoms with Crippen molar-refractivity contribution in [3.8, 4) is 5.69 Å². The quantitative estimate of drug-likeness (QED) is 0.846. The summed E-state index contributed by atoms with van der Waals surface area (Å²) in [5.74, 6) is -0.255. The maximum absolute atomic E-state index is 12.3. The molecule has 4 rings (SSSR count). The van der Waals surface area contributed by atoms with E-state index >= 15 is 0 Å². The third kappa shape index (κ3) is 2.11. The molecule has 2 aliphatic rings. The third-order valence-corrected chi connectivity index (χ3v) is 5.29. The Kier molecular flexibility index (Phi) is 2.85. The number of carbonyl (C=O) groups excluding carboxylic acids is 1. The van der Waals surface area contributed by atoms with Crippen LogP contribution in [0.1, 0.15) is 29.0 Å². The molecule has 114 valence electrons. The molecule has 1 aliphatic carbocycles. The highest BCUT2D eigenvalue weighted by Gasteiger charge is 2.30. The zero-order chi connectivity index (χ0) is 15.3. The molecule has 1 aliphatic heterocycles. The van der Waals surface area contributed by atoms with Gasteiger partial charge in [0.2, 0.25) is 10.0 Å². The van der Waals surface area contributed by atoms with Crippen molar-refractivity contribution in [2.24, 2.45) is 0 Å². The number of imidazole rings is 1. The number of carbonyl (C=O) groups is 1. The lowest BCUT2D eigenvalue weighted by atomic mass is 10.2. The molecule has 0 saturated heterocycles. The van der Waals surface area contributed by atoms with Gasteiger partial charge in [-0.05, 0) is 25.0 Å². The summed E-state index contributed by atoms with van der Waals surface area (Å²) in [6.07, 6.45) is 3.47. The average molecular weight is 318 g/mol. The van der Waals surface area contributed by atoms with Crippen molar-refractivity contribution >= 4 is 15.9 Å². The lowest BCUT2D eigenvalue weighted by molar-refractivity contribution is 0.0945. The molecule has 2 heterocycles. The minimum atomic E-state index is -3.60. The minimum Gasteiger partial charge on any atom is -0.348 e. The van der Waals surface area contributed by atoms with Crippen molar-refractivity contribution in [3.05, 3.63) is 42.0 Å². The molecule has 2 aromatic rings. The van der Waals surface area contributed by atoms with E-state index in [1.165, 1.54) is 12.4 Å². The summed E-state index contributed by atoms with van der Waals surface area (Å²) < 4.78 is 28.7. The van der Waals surface area contributed by atoms with Crippen LogP contribution in [-0.2, 0) is 16.6 Å². The zero-order valence-electron chi connectivity index (χ0n) is 11.6. The number of nitrogens with zero attached hydrogens (tertiary/aromatic N) is 2. The van der Waals surface area contributed by atoms with Gasteiger partial charge in [-0.2, -0.15) is 0 Å². The van der Waals surface area contributed by atoms with Crippen LogP contribution >= 0.6 is 0 Å². The Balaban J connectivity index is 1.84. The molecule has 1 saturated carbocycles. The molecule has 0 radical (unpaired) electrons. The van der Waals surface area contributed by atoms with Crippen LogP contribution in [0.4, 0.5) is 0 Å². The van der Waals surface area contributed by atoms with Crippen LogP contribution in [0.3, 0.4) is 0 Å². The smallest absolute Gasteiger partial charge is 0.272 e. The van der Waals surface area contributed by atoms with E-state index < -0.39 is 10.0 Å². The van der Waals surface area contributed by atoms with Gasteiger partial charge in [0, 0.05) is 6.04 Å². The number of rotatable bonds is 2. The highest BCUT2D eigenvalue weighted by atomic mass is 32.2. The Labute approximate surface area is 127 Å². The molecule has 22 heavy (non-hydrogen) atoms. The van der Waals surface area contributed by atoms with Gasteiger partial charge in [-0.1, -0.05) is 12.1 Å². The van der Waals surface area contributed by atoms with E-state index in [4.69, 9.17) is 0 Å². The second-order valence-corrected chi connectivity index (χ2v) is 7.19. The molecule has 1 aromatic heterocycles. The molecule has 2 N–H and O–H groups in total. The number of sulfonamides is 1. The Morgan fingerprint density at radius 3 is 2.86 bits per heavy atom. The van der Waals surface area contributed by atoms with E-state index in [0.29, 0.717) is 11.4 Å². The fourth-order valence-electron chi connectivity index (χ4n) is 2.55. The highest BCUT2D eigenvalue weighted by molar-refractivity contribution is 7.89. The molecule has 1 fully saturated rings. The van der Waals surface area contributed by atoms with Gasteiger partial charge in [0.25, 0.3) is 5.91 Å². The maximum atomic E-state index is 12.3. The van der Waals surface area contributed by atoms with Crippen molar-refractivity contribution in [1.29, 1.82) is 0 Å². The van der Waals surface area contributed by atoms with Gasteiger partial charge in [0.05, 0.1) is 17.9 Å². The molecule has 1 aromatic carbocycles. The first-order valence-electron chi connectivity index (χ1n) is 7.02. The van der Waals surface area contributed by atoms with Gasteiger partial charge in [-0.25, -0.2) is 18.1 Å². The molecule has 0 spiro atoms. The van der Waals surface area contributed by atoms with Crippen molar-refractivity contribution in [2.75, 3.05) is 0 Å². The number of fused-ring (bicyclic) bond motifs is 3. The number of hydrogen-bond acceptors (Lipinski definition) is 4. The Morgan fingerprint density at radius 1 is 1.32 bits per heavy atom. The van der Waals surface area contributed by atoms with Crippen LogP contribution in [0.5, 0.6) is 0 Å². The summed E-state index contributed by atoms with van der Waals surface area (Å²) in [4.78, 5) is 16.6. The third-order valence-electron chi connectivity index (χ3n) is 3.84.